The van der Waals surface area contributed by atoms with Gasteiger partial charge in [0.05, 0.1) is 18.1 Å². The zero-order valence-corrected chi connectivity index (χ0v) is 28.3. The predicted molar refractivity (Wildman–Crippen MR) is 181 cm³/mol. The zero-order valence-electron chi connectivity index (χ0n) is 28.3. The molecule has 0 radical (unpaired) electrons. The number of aliphatic hydroxyl groups is 1. The van der Waals surface area contributed by atoms with Crippen molar-refractivity contribution in [3.05, 3.63) is 71.1 Å². The van der Waals surface area contributed by atoms with E-state index < -0.39 is 41.9 Å². The van der Waals surface area contributed by atoms with Gasteiger partial charge in [0.25, 0.3) is 11.8 Å². The number of amides is 3. The van der Waals surface area contributed by atoms with Crippen LogP contribution >= 0.6 is 0 Å². The van der Waals surface area contributed by atoms with Gasteiger partial charge in [0.15, 0.2) is 0 Å². The first-order chi connectivity index (χ1) is 22.9. The molecule has 1 fully saturated rings. The highest BCUT2D eigenvalue weighted by Crippen LogP contribution is 2.27. The summed E-state index contributed by atoms with van der Waals surface area (Å²) in [5.41, 5.74) is 0.900. The van der Waals surface area contributed by atoms with E-state index in [0.29, 0.717) is 50.0 Å². The van der Waals surface area contributed by atoms with Crippen molar-refractivity contribution in [3.8, 4) is 0 Å². The first-order valence-corrected chi connectivity index (χ1v) is 17.2. The highest BCUT2D eigenvalue weighted by atomic mass is 19.1. The van der Waals surface area contributed by atoms with E-state index in [4.69, 9.17) is 0 Å². The van der Waals surface area contributed by atoms with Crippen LogP contribution in [-0.2, 0) is 9.59 Å². The monoisotopic (exact) mass is 671 g/mol. The lowest BCUT2D eigenvalue weighted by atomic mass is 9.92. The van der Waals surface area contributed by atoms with Crippen LogP contribution in [0.5, 0.6) is 0 Å². The summed E-state index contributed by atoms with van der Waals surface area (Å²) in [5.74, 6) is -3.43. The maximum absolute atomic E-state index is 14.3. The van der Waals surface area contributed by atoms with Crippen molar-refractivity contribution >= 4 is 23.7 Å². The van der Waals surface area contributed by atoms with Crippen LogP contribution in [0.3, 0.4) is 0 Å². The average molecular weight is 672 g/mol. The Balaban J connectivity index is 1.72. The molecule has 9 nitrogen and oxygen atoms in total. The number of alkyl halides is 1. The van der Waals surface area contributed by atoms with E-state index in [1.807, 2.05) is 13.8 Å². The van der Waals surface area contributed by atoms with E-state index in [1.165, 1.54) is 18.2 Å². The molecule has 11 heteroatoms. The minimum Gasteiger partial charge on any atom is -0.481 e. The fourth-order valence-corrected chi connectivity index (χ4v) is 6.33. The Morgan fingerprint density at radius 3 is 2.44 bits per heavy atom. The Hall–Kier alpha value is -3.86. The Bertz CT molecular complexity index is 1360. The summed E-state index contributed by atoms with van der Waals surface area (Å²) in [5, 5.41) is 26.5. The lowest BCUT2D eigenvalue weighted by Crippen LogP contribution is -2.45. The second-order valence-corrected chi connectivity index (χ2v) is 13.1. The molecule has 48 heavy (non-hydrogen) atoms. The van der Waals surface area contributed by atoms with Crippen LogP contribution in [0.1, 0.15) is 99.3 Å². The molecule has 1 aromatic rings. The van der Waals surface area contributed by atoms with Gasteiger partial charge in [-0.3, -0.25) is 19.2 Å². The van der Waals surface area contributed by atoms with Crippen molar-refractivity contribution in [2.45, 2.75) is 96.9 Å². The van der Waals surface area contributed by atoms with Gasteiger partial charge in [-0.2, -0.15) is 0 Å². The number of allylic oxidation sites excluding steroid dienone is 5. The van der Waals surface area contributed by atoms with Crippen molar-refractivity contribution in [3.63, 3.8) is 0 Å². The Kier molecular flexibility index (Phi) is 15.4. The molecule has 1 saturated carbocycles. The zero-order chi connectivity index (χ0) is 35.2. The van der Waals surface area contributed by atoms with E-state index in [0.717, 1.165) is 37.8 Å². The standard InChI is InChI=1S/C37H51F2N3O6/c1-4-16-42(17-5-2)36(46)29-11-7-10-28(21-29)35(45)41-32(20-26-13-15-30(38)22-31(39)19-26)33(43)18-24(3)34(44)40-23-25-8-6-9-27(14-12-25)37(47)48/h7,10-11,13,15,19,21-22,24-25,27,30,32-33,43H,4-6,8-9,12,14,16-18,20,23H2,1-3H3,(H,40,44)(H,41,45)(H,47,48). The molecule has 0 aliphatic heterocycles. The quantitative estimate of drug-likeness (QED) is 0.162. The molecule has 264 valence electrons. The molecule has 0 saturated heterocycles. The van der Waals surface area contributed by atoms with E-state index in [-0.39, 0.29) is 42.1 Å². The van der Waals surface area contributed by atoms with Gasteiger partial charge in [0.1, 0.15) is 12.0 Å². The van der Waals surface area contributed by atoms with Crippen molar-refractivity contribution in [2.75, 3.05) is 19.6 Å². The number of halogens is 2. The summed E-state index contributed by atoms with van der Waals surface area (Å²) >= 11 is 0. The highest BCUT2D eigenvalue weighted by molar-refractivity contribution is 5.99. The number of carboxylic acid groups (broad SMARTS) is 1. The third-order valence-corrected chi connectivity index (χ3v) is 9.06. The number of carbonyl (C=O) groups is 4. The number of benzene rings is 1. The van der Waals surface area contributed by atoms with Crippen LogP contribution in [0, 0.1) is 17.8 Å². The Morgan fingerprint density at radius 2 is 1.75 bits per heavy atom. The summed E-state index contributed by atoms with van der Waals surface area (Å²) in [6, 6.07) is 5.35. The molecule has 4 N–H and O–H groups in total. The fraction of sp³-hybridized carbons (Fsp3) is 0.568. The number of carboxylic acids is 1. The van der Waals surface area contributed by atoms with Gasteiger partial charge in [-0.05, 0) is 99.3 Å². The molecule has 0 heterocycles. The minimum atomic E-state index is -1.62. The summed E-state index contributed by atoms with van der Waals surface area (Å²) in [4.78, 5) is 52.9. The summed E-state index contributed by atoms with van der Waals surface area (Å²) in [6.45, 7) is 7.21. The van der Waals surface area contributed by atoms with Crippen molar-refractivity contribution in [1.82, 2.24) is 15.5 Å². The second-order valence-electron chi connectivity index (χ2n) is 13.1. The van der Waals surface area contributed by atoms with E-state index in [9.17, 15) is 38.2 Å². The smallest absolute Gasteiger partial charge is 0.306 e. The average Bonchev–Trinajstić information content (AvgIpc) is 3.39. The Labute approximate surface area is 282 Å². The third kappa shape index (κ3) is 12.0. The molecular formula is C37H51F2N3O6. The number of nitrogens with one attached hydrogen (secondary N) is 2. The summed E-state index contributed by atoms with van der Waals surface area (Å²) in [6.07, 6.45) is 6.73. The van der Waals surface area contributed by atoms with Crippen molar-refractivity contribution in [2.24, 2.45) is 17.8 Å². The number of aliphatic hydroxyl groups excluding tert-OH is 1. The van der Waals surface area contributed by atoms with Crippen LogP contribution < -0.4 is 10.6 Å². The number of aliphatic carboxylic acids is 1. The molecule has 6 unspecified atom stereocenters. The van der Waals surface area contributed by atoms with Gasteiger partial charge >= 0.3 is 5.97 Å². The number of rotatable bonds is 16. The molecular weight excluding hydrogens is 620 g/mol. The first-order valence-electron chi connectivity index (χ1n) is 17.2. The minimum absolute atomic E-state index is 0.0227. The second kappa shape index (κ2) is 19.2. The number of carbonyl (C=O) groups excluding carboxylic acids is 3. The van der Waals surface area contributed by atoms with Gasteiger partial charge in [-0.15, -0.1) is 0 Å². The lowest BCUT2D eigenvalue weighted by molar-refractivity contribution is -0.142. The van der Waals surface area contributed by atoms with Crippen LogP contribution in [0.4, 0.5) is 8.78 Å². The third-order valence-electron chi connectivity index (χ3n) is 9.06. The molecule has 2 aliphatic carbocycles. The van der Waals surface area contributed by atoms with Gasteiger partial charge in [-0.25, -0.2) is 8.78 Å². The SMILES string of the molecule is CCCN(CCC)C(=O)c1cccc(C(=O)NC(CC2=CC(F)=CC(F)C=C2)C(O)CC(C)C(=O)NCC2CCCC(C(=O)O)CC2)c1. The topological polar surface area (TPSA) is 136 Å². The highest BCUT2D eigenvalue weighted by Gasteiger charge is 2.29. The maximum atomic E-state index is 14.3. The lowest BCUT2D eigenvalue weighted by Gasteiger charge is -2.27. The van der Waals surface area contributed by atoms with Gasteiger partial charge < -0.3 is 25.7 Å². The molecule has 0 aromatic heterocycles. The van der Waals surface area contributed by atoms with E-state index in [2.05, 4.69) is 10.6 Å². The first kappa shape index (κ1) is 38.6. The van der Waals surface area contributed by atoms with Crippen LogP contribution in [0.2, 0.25) is 0 Å². The molecule has 6 atom stereocenters. The Morgan fingerprint density at radius 1 is 1.04 bits per heavy atom. The maximum Gasteiger partial charge on any atom is 0.306 e. The predicted octanol–water partition coefficient (Wildman–Crippen LogP) is 5.91. The largest absolute Gasteiger partial charge is 0.481 e. The van der Waals surface area contributed by atoms with Crippen LogP contribution in [0.15, 0.2) is 60.0 Å². The molecule has 0 spiro atoms. The normalized spacial score (nSPS) is 21.4. The molecule has 0 bridgehead atoms. The number of nitrogens with zero attached hydrogens (tertiary/aromatic N) is 1. The van der Waals surface area contributed by atoms with Crippen molar-refractivity contribution < 1.29 is 38.2 Å². The van der Waals surface area contributed by atoms with Gasteiger partial charge in [0.2, 0.25) is 5.91 Å². The summed E-state index contributed by atoms with van der Waals surface area (Å²) < 4.78 is 28.2. The van der Waals surface area contributed by atoms with Gasteiger partial charge in [-0.1, -0.05) is 39.3 Å². The van der Waals surface area contributed by atoms with E-state index in [1.54, 1.807) is 30.0 Å². The fourth-order valence-electron chi connectivity index (χ4n) is 6.33. The number of hydrogen-bond acceptors (Lipinski definition) is 5. The summed E-state index contributed by atoms with van der Waals surface area (Å²) in [7, 11) is 0. The molecule has 3 rings (SSSR count). The van der Waals surface area contributed by atoms with Crippen LogP contribution in [0.25, 0.3) is 0 Å². The molecule has 1 aromatic carbocycles. The van der Waals surface area contributed by atoms with Crippen molar-refractivity contribution in [1.29, 1.82) is 0 Å². The molecule has 2 aliphatic rings. The number of hydrogen-bond donors (Lipinski definition) is 4. The van der Waals surface area contributed by atoms with Gasteiger partial charge in [0, 0.05) is 36.7 Å². The van der Waals surface area contributed by atoms with E-state index >= 15 is 0 Å². The molecule has 3 amide bonds. The van der Waals surface area contributed by atoms with Crippen LogP contribution in [-0.4, -0.2) is 76.8 Å².